The van der Waals surface area contributed by atoms with Gasteiger partial charge in [0.25, 0.3) is 0 Å². The van der Waals surface area contributed by atoms with E-state index in [0.29, 0.717) is 48.9 Å². The molecule has 0 spiro atoms. The van der Waals surface area contributed by atoms with Gasteiger partial charge >= 0.3 is 5.97 Å². The van der Waals surface area contributed by atoms with Crippen molar-refractivity contribution in [2.45, 2.75) is 95.7 Å². The molecule has 15 nitrogen and oxygen atoms in total. The number of aryl methyl sites for hydroxylation is 2. The first-order valence-electron chi connectivity index (χ1n) is 15.8. The molecule has 6 atom stereocenters. The Morgan fingerprint density at radius 3 is 2.49 bits per heavy atom. The average molecular weight is 658 g/mol. The number of carboxylic acids is 1. The summed E-state index contributed by atoms with van der Waals surface area (Å²) in [7, 11) is 0. The minimum atomic E-state index is -1.62. The topological polar surface area (TPSA) is 266 Å². The number of carbonyl (C=O) groups is 4. The molecule has 1 aromatic carbocycles. The molecule has 0 bridgehead atoms. The number of fused-ring (bicyclic) bond motifs is 1. The number of aliphatic hydroxyl groups excluding tert-OH is 2. The van der Waals surface area contributed by atoms with Gasteiger partial charge in [-0.05, 0) is 50.7 Å². The fraction of sp³-hybridized carbons (Fsp3) is 0.531. The van der Waals surface area contributed by atoms with Gasteiger partial charge in [0.1, 0.15) is 35.4 Å². The van der Waals surface area contributed by atoms with Crippen LogP contribution in [-0.4, -0.2) is 88.2 Å². The van der Waals surface area contributed by atoms with Crippen LogP contribution in [0.15, 0.2) is 34.3 Å². The van der Waals surface area contributed by atoms with Gasteiger partial charge < -0.3 is 52.5 Å². The lowest BCUT2D eigenvalue weighted by molar-refractivity contribution is -0.145. The van der Waals surface area contributed by atoms with E-state index in [1.165, 1.54) is 6.92 Å². The minimum Gasteiger partial charge on any atom is -0.480 e. The molecule has 6 unspecified atom stereocenters. The van der Waals surface area contributed by atoms with E-state index in [1.807, 2.05) is 25.1 Å². The number of carbonyl (C=O) groups excluding carboxylic acids is 3. The number of para-hydroxylation sites is 1. The third kappa shape index (κ3) is 9.60. The summed E-state index contributed by atoms with van der Waals surface area (Å²) < 4.78 is 5.89. The van der Waals surface area contributed by atoms with Crippen molar-refractivity contribution in [3.8, 4) is 0 Å². The van der Waals surface area contributed by atoms with Crippen LogP contribution in [0.4, 0.5) is 0 Å². The standard InChI is InChI=1S/C32H47N7O8/c1-4-18-9-8-10-20-16(2)27(47-28(18)20)26(42)25(32(45)46)39-22(41)11-6-5-7-13-37-30(43)21(38-31(44)23(33)17(3)40)15-19-12-14-36-24(19)29(34)35/h8-10,12,17,21,23-26,36,40,42H,4-7,11,13-15,33H2,1-3H3,(H3,34,35)(H,37,43)(H,38,44)(H,39,41)(H,45,46). The first-order valence-corrected chi connectivity index (χ1v) is 15.8. The fourth-order valence-electron chi connectivity index (χ4n) is 5.48. The Balaban J connectivity index is 1.50. The number of carboxylic acid groups (broad SMARTS) is 1. The summed E-state index contributed by atoms with van der Waals surface area (Å²) in [6.45, 7) is 5.74. The van der Waals surface area contributed by atoms with Crippen LogP contribution >= 0.6 is 0 Å². The summed E-state index contributed by atoms with van der Waals surface area (Å²) in [6.07, 6.45) is 1.20. The van der Waals surface area contributed by atoms with Gasteiger partial charge in [0, 0.05) is 30.5 Å². The highest BCUT2D eigenvalue weighted by molar-refractivity contribution is 5.91. The molecular formula is C32H47N7O8. The molecule has 0 radical (unpaired) electrons. The van der Waals surface area contributed by atoms with Crippen LogP contribution in [0.2, 0.25) is 0 Å². The number of furan rings is 1. The highest BCUT2D eigenvalue weighted by Crippen LogP contribution is 2.33. The number of rotatable bonds is 18. The van der Waals surface area contributed by atoms with E-state index in [2.05, 4.69) is 21.3 Å². The zero-order valence-corrected chi connectivity index (χ0v) is 27.0. The molecule has 2 aromatic rings. The van der Waals surface area contributed by atoms with E-state index in [1.54, 1.807) is 13.0 Å². The normalized spacial score (nSPS) is 17.7. The first-order chi connectivity index (χ1) is 22.3. The van der Waals surface area contributed by atoms with Gasteiger partial charge in [0.05, 0.1) is 12.1 Å². The smallest absolute Gasteiger partial charge is 0.329 e. The van der Waals surface area contributed by atoms with Gasteiger partial charge in [-0.1, -0.05) is 37.6 Å². The molecule has 0 saturated carbocycles. The number of aliphatic hydroxyl groups is 2. The van der Waals surface area contributed by atoms with Gasteiger partial charge in [0.2, 0.25) is 17.7 Å². The second-order valence-corrected chi connectivity index (χ2v) is 11.8. The van der Waals surface area contributed by atoms with Gasteiger partial charge in [0.15, 0.2) is 6.04 Å². The van der Waals surface area contributed by atoms with Crippen molar-refractivity contribution in [1.29, 1.82) is 5.41 Å². The Hall–Kier alpha value is -4.31. The molecule has 47 heavy (non-hydrogen) atoms. The second kappa shape index (κ2) is 17.0. The van der Waals surface area contributed by atoms with E-state index in [-0.39, 0.29) is 31.0 Å². The molecule has 12 N–H and O–H groups in total. The minimum absolute atomic E-state index is 0.00690. The molecule has 0 aliphatic carbocycles. The maximum Gasteiger partial charge on any atom is 0.329 e. The molecule has 0 fully saturated rings. The predicted octanol–water partition coefficient (Wildman–Crippen LogP) is 0.000190. The Bertz CT molecular complexity index is 1490. The summed E-state index contributed by atoms with van der Waals surface area (Å²) in [5.41, 5.74) is 14.2. The monoisotopic (exact) mass is 657 g/mol. The number of aliphatic carboxylic acids is 1. The quantitative estimate of drug-likeness (QED) is 0.0441. The first kappa shape index (κ1) is 37.2. The second-order valence-electron chi connectivity index (χ2n) is 11.8. The molecule has 258 valence electrons. The molecule has 3 rings (SSSR count). The fourth-order valence-corrected chi connectivity index (χ4v) is 5.48. The maximum absolute atomic E-state index is 13.0. The van der Waals surface area contributed by atoms with Gasteiger partial charge in [-0.3, -0.25) is 19.8 Å². The predicted molar refractivity (Wildman–Crippen MR) is 174 cm³/mol. The Kier molecular flexibility index (Phi) is 13.5. The lowest BCUT2D eigenvalue weighted by atomic mass is 9.99. The van der Waals surface area contributed by atoms with Crippen LogP contribution in [0.25, 0.3) is 11.0 Å². The number of hydrogen-bond acceptors (Lipinski definition) is 10. The lowest BCUT2D eigenvalue weighted by Crippen LogP contribution is -2.55. The van der Waals surface area contributed by atoms with Crippen LogP contribution in [0, 0.1) is 12.3 Å². The van der Waals surface area contributed by atoms with Crippen LogP contribution in [0.1, 0.15) is 68.9 Å². The Morgan fingerprint density at radius 2 is 1.85 bits per heavy atom. The molecule has 15 heteroatoms. The number of nitrogens with one attached hydrogen (secondary N) is 5. The van der Waals surface area contributed by atoms with E-state index < -0.39 is 60.1 Å². The number of nitrogens with two attached hydrogens (primary N) is 2. The SMILES string of the molecule is CCc1cccc2c(C)c(C(O)C(NC(=O)CCCCCNC(=O)C(CC3=CCNC3C(=N)N)NC(=O)C(N)C(C)O)C(=O)O)oc12. The van der Waals surface area contributed by atoms with Crippen molar-refractivity contribution >= 4 is 40.5 Å². The number of amidine groups is 1. The summed E-state index contributed by atoms with van der Waals surface area (Å²) in [4.78, 5) is 50.2. The Labute approximate surface area is 273 Å². The van der Waals surface area contributed by atoms with Crippen LogP contribution < -0.4 is 32.7 Å². The Morgan fingerprint density at radius 1 is 1.13 bits per heavy atom. The highest BCUT2D eigenvalue weighted by atomic mass is 16.4. The van der Waals surface area contributed by atoms with E-state index in [0.717, 1.165) is 10.9 Å². The van der Waals surface area contributed by atoms with Crippen molar-refractivity contribution in [2.75, 3.05) is 13.1 Å². The van der Waals surface area contributed by atoms with E-state index >= 15 is 0 Å². The zero-order valence-electron chi connectivity index (χ0n) is 27.0. The number of amides is 3. The summed E-state index contributed by atoms with van der Waals surface area (Å²) in [5.74, 6) is -3.19. The van der Waals surface area contributed by atoms with Crippen LogP contribution in [0.3, 0.4) is 0 Å². The molecule has 3 amide bonds. The maximum atomic E-state index is 13.0. The van der Waals surface area contributed by atoms with Gasteiger partial charge in [-0.25, -0.2) is 4.79 Å². The van der Waals surface area contributed by atoms with E-state index in [9.17, 15) is 34.5 Å². The summed E-state index contributed by atoms with van der Waals surface area (Å²) in [5, 5.41) is 49.7. The summed E-state index contributed by atoms with van der Waals surface area (Å²) in [6, 6.07) is 1.14. The molecule has 0 saturated heterocycles. The van der Waals surface area contributed by atoms with Crippen LogP contribution in [-0.2, 0) is 25.6 Å². The number of unbranched alkanes of at least 4 members (excludes halogenated alkanes) is 2. The summed E-state index contributed by atoms with van der Waals surface area (Å²) >= 11 is 0. The van der Waals surface area contributed by atoms with Crippen molar-refractivity contribution in [2.24, 2.45) is 11.5 Å². The number of hydrogen-bond donors (Lipinski definition) is 10. The average Bonchev–Trinajstić information content (AvgIpc) is 3.64. The van der Waals surface area contributed by atoms with Gasteiger partial charge in [-0.15, -0.1) is 0 Å². The zero-order chi connectivity index (χ0) is 34.8. The van der Waals surface area contributed by atoms with Crippen molar-refractivity contribution in [3.63, 3.8) is 0 Å². The van der Waals surface area contributed by atoms with Crippen LogP contribution in [0.5, 0.6) is 0 Å². The molecule has 1 aliphatic heterocycles. The third-order valence-corrected chi connectivity index (χ3v) is 8.27. The molecule has 1 aromatic heterocycles. The molecule has 2 heterocycles. The van der Waals surface area contributed by atoms with Crippen molar-refractivity contribution in [3.05, 3.63) is 46.7 Å². The largest absolute Gasteiger partial charge is 0.480 e. The molecular weight excluding hydrogens is 610 g/mol. The van der Waals surface area contributed by atoms with Crippen molar-refractivity contribution in [1.82, 2.24) is 21.3 Å². The van der Waals surface area contributed by atoms with Gasteiger partial charge in [-0.2, -0.15) is 0 Å². The third-order valence-electron chi connectivity index (χ3n) is 8.27. The van der Waals surface area contributed by atoms with E-state index in [4.69, 9.17) is 21.3 Å². The number of benzene rings is 1. The molecule has 1 aliphatic rings. The lowest BCUT2D eigenvalue weighted by Gasteiger charge is -2.24. The highest BCUT2D eigenvalue weighted by Gasteiger charge is 2.34. The van der Waals surface area contributed by atoms with Crippen molar-refractivity contribution < 1.29 is 38.9 Å².